The molecule has 24 heavy (non-hydrogen) atoms. The highest BCUT2D eigenvalue weighted by atomic mass is 16.2. The second-order valence-electron chi connectivity index (χ2n) is 5.18. The van der Waals surface area contributed by atoms with Crippen molar-refractivity contribution < 1.29 is 9.59 Å². The maximum absolute atomic E-state index is 12.3. The molecule has 0 saturated carbocycles. The van der Waals surface area contributed by atoms with Crippen LogP contribution in [0.2, 0.25) is 0 Å². The number of carbonyl (C=O) groups is 2. The fourth-order valence-corrected chi connectivity index (χ4v) is 2.29. The molecule has 0 radical (unpaired) electrons. The quantitative estimate of drug-likeness (QED) is 0.751. The van der Waals surface area contributed by atoms with Crippen molar-refractivity contribution in [3.05, 3.63) is 70.8 Å². The Morgan fingerprint density at radius 3 is 2.50 bits per heavy atom. The second-order valence-corrected chi connectivity index (χ2v) is 5.18. The van der Waals surface area contributed by atoms with Crippen LogP contribution in [0, 0.1) is 0 Å². The van der Waals surface area contributed by atoms with Gasteiger partial charge < -0.3 is 11.1 Å². The zero-order valence-electron chi connectivity index (χ0n) is 12.6. The molecule has 3 aromatic rings. The van der Waals surface area contributed by atoms with Crippen molar-refractivity contribution in [2.24, 2.45) is 5.73 Å². The lowest BCUT2D eigenvalue weighted by atomic mass is 10.2. The molecule has 0 spiro atoms. The van der Waals surface area contributed by atoms with Gasteiger partial charge in [-0.3, -0.25) is 19.0 Å². The predicted molar refractivity (Wildman–Crippen MR) is 89.6 cm³/mol. The molecule has 0 bridgehead atoms. The van der Waals surface area contributed by atoms with Crippen molar-refractivity contribution in [1.82, 2.24) is 9.55 Å². The van der Waals surface area contributed by atoms with E-state index in [0.29, 0.717) is 22.2 Å². The summed E-state index contributed by atoms with van der Waals surface area (Å²) in [5.41, 5.74) is 6.32. The maximum Gasteiger partial charge on any atom is 0.261 e. The number of anilines is 1. The summed E-state index contributed by atoms with van der Waals surface area (Å²) < 4.78 is 1.25. The van der Waals surface area contributed by atoms with Crippen LogP contribution in [0.1, 0.15) is 10.4 Å². The summed E-state index contributed by atoms with van der Waals surface area (Å²) in [6.07, 6.45) is 1.35. The zero-order valence-corrected chi connectivity index (χ0v) is 12.6. The van der Waals surface area contributed by atoms with E-state index < -0.39 is 5.91 Å². The number of benzene rings is 2. The summed E-state index contributed by atoms with van der Waals surface area (Å²) >= 11 is 0. The van der Waals surface area contributed by atoms with E-state index in [4.69, 9.17) is 5.73 Å². The molecule has 7 nitrogen and oxygen atoms in total. The number of nitrogens with one attached hydrogen (secondary N) is 1. The van der Waals surface area contributed by atoms with Crippen LogP contribution in [0.3, 0.4) is 0 Å². The maximum atomic E-state index is 12.3. The van der Waals surface area contributed by atoms with Crippen LogP contribution in [-0.4, -0.2) is 21.4 Å². The van der Waals surface area contributed by atoms with Crippen molar-refractivity contribution in [2.45, 2.75) is 6.54 Å². The van der Waals surface area contributed by atoms with Gasteiger partial charge in [0.05, 0.1) is 17.2 Å². The van der Waals surface area contributed by atoms with E-state index in [1.165, 1.54) is 23.0 Å². The molecule has 3 N–H and O–H groups in total. The molecule has 7 heteroatoms. The Hall–Kier alpha value is -3.48. The fraction of sp³-hybridized carbons (Fsp3) is 0.0588. The van der Waals surface area contributed by atoms with Gasteiger partial charge in [-0.05, 0) is 36.4 Å². The van der Waals surface area contributed by atoms with Crippen molar-refractivity contribution in [2.75, 3.05) is 5.32 Å². The summed E-state index contributed by atoms with van der Waals surface area (Å²) in [5, 5.41) is 3.11. The van der Waals surface area contributed by atoms with E-state index in [0.717, 1.165) is 0 Å². The molecule has 1 aromatic heterocycles. The second kappa shape index (κ2) is 6.33. The van der Waals surface area contributed by atoms with Crippen LogP contribution < -0.4 is 16.6 Å². The monoisotopic (exact) mass is 322 g/mol. The van der Waals surface area contributed by atoms with Crippen LogP contribution >= 0.6 is 0 Å². The molecule has 3 rings (SSSR count). The van der Waals surface area contributed by atoms with E-state index in [1.54, 1.807) is 36.4 Å². The number of carbonyl (C=O) groups excluding carboxylic acids is 2. The van der Waals surface area contributed by atoms with Crippen LogP contribution in [0.15, 0.2) is 59.7 Å². The van der Waals surface area contributed by atoms with Gasteiger partial charge in [-0.2, -0.15) is 0 Å². The molecule has 1 heterocycles. The molecule has 0 aliphatic heterocycles. The summed E-state index contributed by atoms with van der Waals surface area (Å²) in [4.78, 5) is 39.6. The van der Waals surface area contributed by atoms with Crippen molar-refractivity contribution >= 4 is 28.4 Å². The summed E-state index contributed by atoms with van der Waals surface area (Å²) in [7, 11) is 0. The topological polar surface area (TPSA) is 107 Å². The van der Waals surface area contributed by atoms with Crippen molar-refractivity contribution in [3.63, 3.8) is 0 Å². The first-order valence-electron chi connectivity index (χ1n) is 7.18. The first-order valence-corrected chi connectivity index (χ1v) is 7.18. The molecule has 0 atom stereocenters. The highest BCUT2D eigenvalue weighted by molar-refractivity contribution is 5.94. The Balaban J connectivity index is 1.76. The smallest absolute Gasteiger partial charge is 0.261 e. The van der Waals surface area contributed by atoms with Gasteiger partial charge in [0.2, 0.25) is 11.8 Å². The van der Waals surface area contributed by atoms with Gasteiger partial charge in [0.25, 0.3) is 5.56 Å². The van der Waals surface area contributed by atoms with Gasteiger partial charge in [0.1, 0.15) is 6.54 Å². The highest BCUT2D eigenvalue weighted by Gasteiger charge is 2.08. The van der Waals surface area contributed by atoms with Gasteiger partial charge in [0, 0.05) is 11.3 Å². The minimum Gasteiger partial charge on any atom is -0.366 e. The number of nitrogens with zero attached hydrogens (tertiary/aromatic N) is 2. The van der Waals surface area contributed by atoms with Crippen LogP contribution in [0.5, 0.6) is 0 Å². The summed E-state index contributed by atoms with van der Waals surface area (Å²) in [5.74, 6) is -0.914. The van der Waals surface area contributed by atoms with Crippen LogP contribution in [-0.2, 0) is 11.3 Å². The molecule has 0 fully saturated rings. The number of fused-ring (bicyclic) bond motifs is 1. The van der Waals surface area contributed by atoms with E-state index in [1.807, 2.05) is 0 Å². The Labute approximate surface area is 136 Å². The van der Waals surface area contributed by atoms with E-state index >= 15 is 0 Å². The molecule has 0 aliphatic rings. The first kappa shape index (κ1) is 15.4. The van der Waals surface area contributed by atoms with Crippen molar-refractivity contribution in [1.29, 1.82) is 0 Å². The molecule has 0 aliphatic carbocycles. The molecular weight excluding hydrogens is 308 g/mol. The van der Waals surface area contributed by atoms with Crippen LogP contribution in [0.25, 0.3) is 10.9 Å². The zero-order chi connectivity index (χ0) is 17.1. The molecule has 0 unspecified atom stereocenters. The largest absolute Gasteiger partial charge is 0.366 e. The fourth-order valence-electron chi connectivity index (χ4n) is 2.29. The molecule has 2 aromatic carbocycles. The third-order valence-corrected chi connectivity index (χ3v) is 3.50. The van der Waals surface area contributed by atoms with Crippen LogP contribution in [0.4, 0.5) is 5.69 Å². The minimum absolute atomic E-state index is 0.158. The average molecular weight is 322 g/mol. The van der Waals surface area contributed by atoms with E-state index in [2.05, 4.69) is 10.3 Å². The number of nitrogens with two attached hydrogens (primary N) is 1. The van der Waals surface area contributed by atoms with Gasteiger partial charge in [-0.15, -0.1) is 0 Å². The minimum atomic E-state index is -0.540. The standard InChI is InChI=1S/C17H14N4O3/c18-16(23)11-5-7-12(8-6-11)20-15(22)9-21-10-19-14-4-2-1-3-13(14)17(21)24/h1-8,10H,9H2,(H2,18,23)(H,20,22). The number of para-hydroxylation sites is 1. The number of hydrogen-bond donors (Lipinski definition) is 2. The lowest BCUT2D eigenvalue weighted by Crippen LogP contribution is -2.27. The van der Waals surface area contributed by atoms with E-state index in [-0.39, 0.29) is 18.0 Å². The number of aromatic nitrogens is 2. The van der Waals surface area contributed by atoms with Gasteiger partial charge in [0.15, 0.2) is 0 Å². The summed E-state index contributed by atoms with van der Waals surface area (Å²) in [6.45, 7) is -0.158. The van der Waals surface area contributed by atoms with Crippen molar-refractivity contribution in [3.8, 4) is 0 Å². The molecule has 2 amide bonds. The average Bonchev–Trinajstić information content (AvgIpc) is 2.58. The normalized spacial score (nSPS) is 10.5. The highest BCUT2D eigenvalue weighted by Crippen LogP contribution is 2.09. The van der Waals surface area contributed by atoms with E-state index in [9.17, 15) is 14.4 Å². The number of hydrogen-bond acceptors (Lipinski definition) is 4. The Morgan fingerprint density at radius 2 is 1.79 bits per heavy atom. The predicted octanol–water partition coefficient (Wildman–Crippen LogP) is 1.13. The Kier molecular flexibility index (Phi) is 4.07. The van der Waals surface area contributed by atoms with Gasteiger partial charge in [-0.25, -0.2) is 4.98 Å². The van der Waals surface area contributed by atoms with Gasteiger partial charge in [-0.1, -0.05) is 12.1 Å². The Morgan fingerprint density at radius 1 is 1.08 bits per heavy atom. The molecule has 0 saturated heterocycles. The Bertz CT molecular complexity index is 977. The molecule has 120 valence electrons. The number of primary amides is 1. The number of rotatable bonds is 4. The van der Waals surface area contributed by atoms with Gasteiger partial charge >= 0.3 is 0 Å². The molecular formula is C17H14N4O3. The lowest BCUT2D eigenvalue weighted by molar-refractivity contribution is -0.116. The summed E-state index contributed by atoms with van der Waals surface area (Å²) in [6, 6.07) is 13.1. The SMILES string of the molecule is NC(=O)c1ccc(NC(=O)Cn2cnc3ccccc3c2=O)cc1. The first-order chi connectivity index (χ1) is 11.5. The lowest BCUT2D eigenvalue weighted by Gasteiger charge is -2.08. The number of amides is 2. The third-order valence-electron chi connectivity index (χ3n) is 3.50. The third kappa shape index (κ3) is 3.14.